The minimum Gasteiger partial charge on any atom is -0.481 e. The van der Waals surface area contributed by atoms with Crippen LogP contribution in [-0.2, 0) is 9.59 Å². The first-order chi connectivity index (χ1) is 12.4. The number of carboxylic acids is 1. The van der Waals surface area contributed by atoms with E-state index in [9.17, 15) is 19.5 Å². The Hall–Kier alpha value is -1.63. The maximum atomic E-state index is 12.4. The molecule has 2 unspecified atom stereocenters. The summed E-state index contributed by atoms with van der Waals surface area (Å²) in [5, 5.41) is 24.3. The van der Waals surface area contributed by atoms with Gasteiger partial charge in [0.2, 0.25) is 0 Å². The van der Waals surface area contributed by atoms with Gasteiger partial charge in [-0.25, -0.2) is 4.79 Å². The van der Waals surface area contributed by atoms with Crippen LogP contribution in [0.1, 0.15) is 83.5 Å². The van der Waals surface area contributed by atoms with Crippen molar-refractivity contribution in [3.8, 4) is 0 Å². The van der Waals surface area contributed by atoms with E-state index in [0.717, 1.165) is 44.9 Å². The summed E-state index contributed by atoms with van der Waals surface area (Å²) in [5.41, 5.74) is -0.931. The normalized spacial score (nSPS) is 25.0. The molecule has 7 heteroatoms. The van der Waals surface area contributed by atoms with Crippen molar-refractivity contribution in [2.24, 2.45) is 5.92 Å². The highest BCUT2D eigenvalue weighted by Gasteiger charge is 2.45. The molecule has 2 rings (SSSR count). The third-order valence-corrected chi connectivity index (χ3v) is 5.82. The zero-order chi connectivity index (χ0) is 19.0. The molecular weight excluding hydrogens is 336 g/mol. The quantitative estimate of drug-likeness (QED) is 0.330. The van der Waals surface area contributed by atoms with E-state index in [-0.39, 0.29) is 12.3 Å². The summed E-state index contributed by atoms with van der Waals surface area (Å²) in [4.78, 5) is 34.5. The number of aliphatic carboxylic acids is 1. The van der Waals surface area contributed by atoms with Gasteiger partial charge in [-0.3, -0.25) is 14.9 Å². The number of amides is 3. The van der Waals surface area contributed by atoms with Crippen LogP contribution in [-0.4, -0.2) is 39.8 Å². The van der Waals surface area contributed by atoms with Gasteiger partial charge >= 0.3 is 12.0 Å². The number of rotatable bonds is 11. The molecule has 7 nitrogen and oxygen atoms in total. The lowest BCUT2D eigenvalue weighted by Crippen LogP contribution is -2.47. The van der Waals surface area contributed by atoms with Crippen LogP contribution in [0.2, 0.25) is 0 Å². The third-order valence-electron chi connectivity index (χ3n) is 5.82. The van der Waals surface area contributed by atoms with Crippen molar-refractivity contribution >= 4 is 17.9 Å². The van der Waals surface area contributed by atoms with Gasteiger partial charge in [-0.05, 0) is 44.4 Å². The Bertz CT molecular complexity index is 504. The van der Waals surface area contributed by atoms with Crippen LogP contribution < -0.4 is 10.6 Å². The molecule has 26 heavy (non-hydrogen) atoms. The third kappa shape index (κ3) is 5.97. The second kappa shape index (κ2) is 9.90. The minimum absolute atomic E-state index is 0.163. The molecule has 0 aromatic heterocycles. The Balaban J connectivity index is 1.81. The zero-order valence-electron chi connectivity index (χ0n) is 15.5. The van der Waals surface area contributed by atoms with Crippen LogP contribution in [0.5, 0.6) is 0 Å². The van der Waals surface area contributed by atoms with E-state index in [4.69, 9.17) is 5.11 Å². The lowest BCUT2D eigenvalue weighted by Gasteiger charge is -2.31. The van der Waals surface area contributed by atoms with Crippen molar-refractivity contribution in [1.82, 2.24) is 10.6 Å². The van der Waals surface area contributed by atoms with Crippen LogP contribution in [0.3, 0.4) is 0 Å². The second-order valence-electron chi connectivity index (χ2n) is 7.80. The predicted octanol–water partition coefficient (Wildman–Crippen LogP) is 2.71. The molecule has 1 aliphatic carbocycles. The van der Waals surface area contributed by atoms with Crippen molar-refractivity contribution in [3.05, 3.63) is 0 Å². The van der Waals surface area contributed by atoms with Crippen LogP contribution in [0.25, 0.3) is 0 Å². The van der Waals surface area contributed by atoms with Gasteiger partial charge in [0.15, 0.2) is 0 Å². The van der Waals surface area contributed by atoms with Gasteiger partial charge < -0.3 is 15.5 Å². The zero-order valence-corrected chi connectivity index (χ0v) is 15.5. The Morgan fingerprint density at radius 3 is 2.38 bits per heavy atom. The Labute approximate surface area is 154 Å². The summed E-state index contributed by atoms with van der Waals surface area (Å²) in [7, 11) is 0. The minimum atomic E-state index is -0.931. The highest BCUT2D eigenvalue weighted by Crippen LogP contribution is 2.31. The molecule has 0 radical (unpaired) electrons. The number of urea groups is 1. The molecule has 2 atom stereocenters. The van der Waals surface area contributed by atoms with Crippen molar-refractivity contribution in [1.29, 1.82) is 0 Å². The smallest absolute Gasteiger partial charge is 0.322 e. The first-order valence-corrected chi connectivity index (χ1v) is 9.96. The first kappa shape index (κ1) is 20.7. The monoisotopic (exact) mass is 368 g/mol. The summed E-state index contributed by atoms with van der Waals surface area (Å²) in [6.45, 7) is 0. The van der Waals surface area contributed by atoms with Crippen molar-refractivity contribution in [2.75, 3.05) is 0 Å². The molecule has 2 aliphatic rings. The van der Waals surface area contributed by atoms with Gasteiger partial charge in [-0.15, -0.1) is 0 Å². The number of imide groups is 1. The SMILES string of the molecule is O=C(O)CCCCCCC1(CCC(O)C2CCCCC2)NC(=O)NC1=O. The van der Waals surface area contributed by atoms with Crippen LogP contribution in [0.15, 0.2) is 0 Å². The van der Waals surface area contributed by atoms with Gasteiger partial charge in [-0.2, -0.15) is 0 Å². The fraction of sp³-hybridized carbons (Fsp3) is 0.842. The molecule has 1 saturated carbocycles. The van der Waals surface area contributed by atoms with E-state index in [1.165, 1.54) is 6.42 Å². The van der Waals surface area contributed by atoms with Crippen LogP contribution in [0, 0.1) is 5.92 Å². The van der Waals surface area contributed by atoms with Crippen LogP contribution >= 0.6 is 0 Å². The molecule has 1 heterocycles. The summed E-state index contributed by atoms with van der Waals surface area (Å²) in [6, 6.07) is -0.465. The maximum absolute atomic E-state index is 12.4. The number of hydrogen-bond acceptors (Lipinski definition) is 4. The molecule has 3 amide bonds. The van der Waals surface area contributed by atoms with E-state index in [2.05, 4.69) is 10.6 Å². The molecule has 2 fully saturated rings. The molecular formula is C19H32N2O5. The molecule has 0 spiro atoms. The average molecular weight is 368 g/mol. The summed E-state index contributed by atoms with van der Waals surface area (Å²) in [5.74, 6) is -0.790. The summed E-state index contributed by atoms with van der Waals surface area (Å²) in [6.07, 6.45) is 9.81. The van der Waals surface area contributed by atoms with E-state index in [0.29, 0.717) is 31.6 Å². The molecule has 1 saturated heterocycles. The number of nitrogens with one attached hydrogen (secondary N) is 2. The van der Waals surface area contributed by atoms with Gasteiger partial charge in [0.25, 0.3) is 5.91 Å². The van der Waals surface area contributed by atoms with Crippen molar-refractivity contribution in [3.63, 3.8) is 0 Å². The van der Waals surface area contributed by atoms with E-state index in [1.807, 2.05) is 0 Å². The van der Waals surface area contributed by atoms with Gasteiger partial charge in [0.1, 0.15) is 5.54 Å². The predicted molar refractivity (Wildman–Crippen MR) is 96.6 cm³/mol. The standard InChI is InChI=1S/C19H32N2O5/c22-15(14-8-4-3-5-9-14)11-13-19(17(25)20-18(26)21-19)12-7-2-1-6-10-16(23)24/h14-15,22H,1-13H2,(H,23,24)(H2,20,21,25,26). The lowest BCUT2D eigenvalue weighted by molar-refractivity contribution is -0.137. The van der Waals surface area contributed by atoms with Crippen LogP contribution in [0.4, 0.5) is 4.79 Å². The van der Waals surface area contributed by atoms with Gasteiger partial charge in [0, 0.05) is 6.42 Å². The molecule has 0 bridgehead atoms. The summed E-state index contributed by atoms with van der Waals surface area (Å²) < 4.78 is 0. The fourth-order valence-corrected chi connectivity index (χ4v) is 4.21. The van der Waals surface area contributed by atoms with E-state index in [1.54, 1.807) is 0 Å². The number of carbonyl (C=O) groups excluding carboxylic acids is 2. The largest absolute Gasteiger partial charge is 0.481 e. The number of aliphatic hydroxyl groups excluding tert-OH is 1. The van der Waals surface area contributed by atoms with Gasteiger partial charge in [-0.1, -0.05) is 38.5 Å². The van der Waals surface area contributed by atoms with E-state index >= 15 is 0 Å². The number of carbonyl (C=O) groups is 3. The lowest BCUT2D eigenvalue weighted by atomic mass is 9.80. The molecule has 0 aromatic rings. The number of carboxylic acid groups (broad SMARTS) is 1. The number of unbranched alkanes of at least 4 members (excludes halogenated alkanes) is 3. The van der Waals surface area contributed by atoms with Crippen molar-refractivity contribution in [2.45, 2.75) is 95.1 Å². The Morgan fingerprint density at radius 2 is 1.77 bits per heavy atom. The molecule has 4 N–H and O–H groups in total. The number of aliphatic hydroxyl groups is 1. The number of hydrogen-bond donors (Lipinski definition) is 4. The van der Waals surface area contributed by atoms with E-state index < -0.39 is 23.6 Å². The maximum Gasteiger partial charge on any atom is 0.322 e. The molecule has 0 aromatic carbocycles. The highest BCUT2D eigenvalue weighted by molar-refractivity contribution is 6.06. The second-order valence-corrected chi connectivity index (χ2v) is 7.80. The topological polar surface area (TPSA) is 116 Å². The highest BCUT2D eigenvalue weighted by atomic mass is 16.4. The Morgan fingerprint density at radius 1 is 1.08 bits per heavy atom. The molecule has 148 valence electrons. The fourth-order valence-electron chi connectivity index (χ4n) is 4.21. The Kier molecular flexibility index (Phi) is 7.87. The molecule has 1 aliphatic heterocycles. The first-order valence-electron chi connectivity index (χ1n) is 9.96. The average Bonchev–Trinajstić information content (AvgIpc) is 2.90. The van der Waals surface area contributed by atoms with Crippen molar-refractivity contribution < 1.29 is 24.6 Å². The summed E-state index contributed by atoms with van der Waals surface area (Å²) >= 11 is 0. The van der Waals surface area contributed by atoms with Gasteiger partial charge in [0.05, 0.1) is 6.10 Å².